The van der Waals surface area contributed by atoms with Crippen LogP contribution in [0, 0.1) is 25.6 Å². The lowest BCUT2D eigenvalue weighted by molar-refractivity contribution is -0.118. The highest BCUT2D eigenvalue weighted by Gasteiger charge is 2.22. The van der Waals surface area contributed by atoms with Crippen molar-refractivity contribution in [1.29, 1.82) is 0 Å². The van der Waals surface area contributed by atoms with Crippen LogP contribution in [0.1, 0.15) is 18.1 Å². The molecule has 5 nitrogen and oxygen atoms in total. The molecular weight excluding hydrogens is 343 g/mol. The second-order valence-corrected chi connectivity index (χ2v) is 7.87. The topological polar surface area (TPSA) is 75.3 Å². The zero-order chi connectivity index (χ0) is 18.6. The maximum atomic E-state index is 13.1. The normalized spacial score (nSPS) is 12.5. The van der Waals surface area contributed by atoms with E-state index in [0.29, 0.717) is 5.69 Å². The van der Waals surface area contributed by atoms with Gasteiger partial charge in [-0.1, -0.05) is 30.7 Å². The molecule has 0 radical (unpaired) electrons. The lowest BCUT2D eigenvalue weighted by atomic mass is 10.1. The Morgan fingerprint density at radius 2 is 1.88 bits per heavy atom. The summed E-state index contributed by atoms with van der Waals surface area (Å²) in [5, 5.41) is 2.74. The van der Waals surface area contributed by atoms with Gasteiger partial charge in [-0.25, -0.2) is 12.8 Å². The van der Waals surface area contributed by atoms with Crippen LogP contribution in [0.4, 0.5) is 15.8 Å². The summed E-state index contributed by atoms with van der Waals surface area (Å²) in [5.74, 6) is -2.11. The smallest absolute Gasteiger partial charge is 0.233 e. The molecule has 2 N–H and O–H groups in total. The van der Waals surface area contributed by atoms with Crippen LogP contribution in [0.5, 0.6) is 0 Å². The zero-order valence-electron chi connectivity index (χ0n) is 14.3. The fourth-order valence-electron chi connectivity index (χ4n) is 2.39. The van der Waals surface area contributed by atoms with E-state index in [1.807, 2.05) is 26.0 Å². The maximum absolute atomic E-state index is 13.1. The molecule has 1 amide bonds. The zero-order valence-corrected chi connectivity index (χ0v) is 15.2. The minimum atomic E-state index is -3.78. The molecule has 0 aliphatic rings. The van der Waals surface area contributed by atoms with Crippen molar-refractivity contribution in [3.8, 4) is 0 Å². The number of sulfonamides is 1. The summed E-state index contributed by atoms with van der Waals surface area (Å²) >= 11 is 0. The van der Waals surface area contributed by atoms with E-state index in [0.717, 1.165) is 17.2 Å². The molecule has 2 rings (SSSR count). The molecule has 0 aliphatic carbocycles. The summed E-state index contributed by atoms with van der Waals surface area (Å²) in [5.41, 5.74) is 2.76. The molecule has 0 bridgehead atoms. The van der Waals surface area contributed by atoms with Crippen molar-refractivity contribution in [1.82, 2.24) is 0 Å². The Morgan fingerprint density at radius 3 is 2.52 bits per heavy atom. The van der Waals surface area contributed by atoms with E-state index < -0.39 is 33.4 Å². The minimum Gasteiger partial charge on any atom is -0.326 e. The SMILES string of the molecule is Cc1ccc(NC(=O)C(C)CS(=O)(=O)Nc2cccc(F)c2)c(C)c1. The monoisotopic (exact) mass is 364 g/mol. The first kappa shape index (κ1) is 18.9. The Balaban J connectivity index is 2.02. The third-order valence-electron chi connectivity index (χ3n) is 3.65. The molecule has 1 unspecified atom stereocenters. The van der Waals surface area contributed by atoms with Crippen LogP contribution < -0.4 is 10.0 Å². The van der Waals surface area contributed by atoms with E-state index in [1.54, 1.807) is 6.07 Å². The summed E-state index contributed by atoms with van der Waals surface area (Å²) in [7, 11) is -3.78. The Kier molecular flexibility index (Phi) is 5.79. The highest BCUT2D eigenvalue weighted by Crippen LogP contribution is 2.18. The van der Waals surface area contributed by atoms with Crippen molar-refractivity contribution in [3.05, 3.63) is 59.4 Å². The number of carbonyl (C=O) groups is 1. The molecule has 0 spiro atoms. The molecule has 25 heavy (non-hydrogen) atoms. The summed E-state index contributed by atoms with van der Waals surface area (Å²) < 4.78 is 39.8. The molecule has 0 aromatic heterocycles. The quantitative estimate of drug-likeness (QED) is 0.824. The van der Waals surface area contributed by atoms with Crippen molar-refractivity contribution in [2.75, 3.05) is 15.8 Å². The molecule has 0 heterocycles. The number of anilines is 2. The third kappa shape index (κ3) is 5.56. The maximum Gasteiger partial charge on any atom is 0.233 e. The van der Waals surface area contributed by atoms with Crippen LogP contribution in [0.25, 0.3) is 0 Å². The first-order chi connectivity index (χ1) is 11.7. The van der Waals surface area contributed by atoms with Crippen LogP contribution >= 0.6 is 0 Å². The fraction of sp³-hybridized carbons (Fsp3) is 0.278. The number of amides is 1. The summed E-state index contributed by atoms with van der Waals surface area (Å²) in [6, 6.07) is 10.7. The van der Waals surface area contributed by atoms with Crippen molar-refractivity contribution >= 4 is 27.3 Å². The molecule has 134 valence electrons. The number of hydrogen-bond acceptors (Lipinski definition) is 3. The second-order valence-electron chi connectivity index (χ2n) is 6.10. The van der Waals surface area contributed by atoms with Crippen LogP contribution in [0.2, 0.25) is 0 Å². The molecule has 0 saturated carbocycles. The second kappa shape index (κ2) is 7.65. The van der Waals surface area contributed by atoms with Gasteiger partial charge < -0.3 is 5.32 Å². The third-order valence-corrected chi connectivity index (χ3v) is 5.14. The van der Waals surface area contributed by atoms with E-state index in [1.165, 1.54) is 25.1 Å². The highest BCUT2D eigenvalue weighted by atomic mass is 32.2. The van der Waals surface area contributed by atoms with Crippen molar-refractivity contribution < 1.29 is 17.6 Å². The van der Waals surface area contributed by atoms with Gasteiger partial charge in [0.05, 0.1) is 17.4 Å². The fourth-order valence-corrected chi connectivity index (χ4v) is 3.77. The van der Waals surface area contributed by atoms with E-state index in [4.69, 9.17) is 0 Å². The predicted molar refractivity (Wildman–Crippen MR) is 97.5 cm³/mol. The number of aryl methyl sites for hydroxylation is 2. The summed E-state index contributed by atoms with van der Waals surface area (Å²) in [6.07, 6.45) is 0. The highest BCUT2D eigenvalue weighted by molar-refractivity contribution is 7.92. The van der Waals surface area contributed by atoms with Gasteiger partial charge in [0, 0.05) is 5.69 Å². The first-order valence-corrected chi connectivity index (χ1v) is 9.46. The van der Waals surface area contributed by atoms with Gasteiger partial charge in [0.25, 0.3) is 0 Å². The molecule has 0 saturated heterocycles. The average molecular weight is 364 g/mol. The van der Waals surface area contributed by atoms with E-state index in [-0.39, 0.29) is 5.69 Å². The van der Waals surface area contributed by atoms with Gasteiger partial charge in [0.15, 0.2) is 0 Å². The molecule has 0 fully saturated rings. The molecule has 1 atom stereocenters. The molecule has 0 aliphatic heterocycles. The molecule has 2 aromatic rings. The van der Waals surface area contributed by atoms with Crippen molar-refractivity contribution in [3.63, 3.8) is 0 Å². The van der Waals surface area contributed by atoms with Crippen LogP contribution in [-0.4, -0.2) is 20.1 Å². The number of hydrogen-bond donors (Lipinski definition) is 2. The number of nitrogens with one attached hydrogen (secondary N) is 2. The van der Waals surface area contributed by atoms with Crippen molar-refractivity contribution in [2.24, 2.45) is 5.92 Å². The number of benzene rings is 2. The summed E-state index contributed by atoms with van der Waals surface area (Å²) in [6.45, 7) is 5.35. The van der Waals surface area contributed by atoms with Crippen LogP contribution in [0.15, 0.2) is 42.5 Å². The Labute approximate surface area is 147 Å². The number of carbonyl (C=O) groups excluding carboxylic acids is 1. The van der Waals surface area contributed by atoms with E-state index in [2.05, 4.69) is 10.0 Å². The minimum absolute atomic E-state index is 0.127. The number of halogens is 1. The lowest BCUT2D eigenvalue weighted by Crippen LogP contribution is -2.30. The molecule has 7 heteroatoms. The van der Waals surface area contributed by atoms with Gasteiger partial charge >= 0.3 is 0 Å². The first-order valence-electron chi connectivity index (χ1n) is 7.80. The van der Waals surface area contributed by atoms with Gasteiger partial charge in [0.1, 0.15) is 5.82 Å². The lowest BCUT2D eigenvalue weighted by Gasteiger charge is -2.15. The van der Waals surface area contributed by atoms with E-state index >= 15 is 0 Å². The van der Waals surface area contributed by atoms with Gasteiger partial charge in [-0.2, -0.15) is 0 Å². The largest absolute Gasteiger partial charge is 0.326 e. The Bertz CT molecular complexity index is 882. The standard InChI is InChI=1S/C18H21FN2O3S/c1-12-7-8-17(13(2)9-12)20-18(22)14(3)11-25(23,24)21-16-6-4-5-15(19)10-16/h4-10,14,21H,11H2,1-3H3,(H,20,22). The van der Waals surface area contributed by atoms with Gasteiger partial charge in [0.2, 0.25) is 15.9 Å². The van der Waals surface area contributed by atoms with E-state index in [9.17, 15) is 17.6 Å². The Hall–Kier alpha value is -2.41. The van der Waals surface area contributed by atoms with Gasteiger partial charge in [-0.3, -0.25) is 9.52 Å². The summed E-state index contributed by atoms with van der Waals surface area (Å²) in [4.78, 5) is 12.3. The van der Waals surface area contributed by atoms with Gasteiger partial charge in [-0.05, 0) is 43.7 Å². The Morgan fingerprint density at radius 1 is 1.16 bits per heavy atom. The molecular formula is C18H21FN2O3S. The van der Waals surface area contributed by atoms with Gasteiger partial charge in [-0.15, -0.1) is 0 Å². The van der Waals surface area contributed by atoms with Crippen molar-refractivity contribution in [2.45, 2.75) is 20.8 Å². The van der Waals surface area contributed by atoms with Crippen LogP contribution in [-0.2, 0) is 14.8 Å². The average Bonchev–Trinajstić information content (AvgIpc) is 2.49. The molecule has 2 aromatic carbocycles. The predicted octanol–water partition coefficient (Wildman–Crippen LogP) is 3.46. The van der Waals surface area contributed by atoms with Crippen LogP contribution in [0.3, 0.4) is 0 Å². The number of rotatable bonds is 6.